The number of carbonyl (C=O) groups is 1. The van der Waals surface area contributed by atoms with E-state index in [1.54, 1.807) is 0 Å². The van der Waals surface area contributed by atoms with E-state index in [4.69, 9.17) is 5.73 Å². The summed E-state index contributed by atoms with van der Waals surface area (Å²) in [5.41, 5.74) is 10.4. The highest BCUT2D eigenvalue weighted by Gasteiger charge is 2.23. The summed E-state index contributed by atoms with van der Waals surface area (Å²) in [5.74, 6) is 0.546. The lowest BCUT2D eigenvalue weighted by atomic mass is 10.1. The van der Waals surface area contributed by atoms with Crippen LogP contribution in [-0.4, -0.2) is 25.0 Å². The van der Waals surface area contributed by atoms with E-state index in [2.05, 4.69) is 35.4 Å². The molecular formula is C21H26N4O. The largest absolute Gasteiger partial charge is 0.370 e. The molecule has 1 aliphatic heterocycles. The van der Waals surface area contributed by atoms with Crippen molar-refractivity contribution in [2.75, 3.05) is 23.3 Å². The lowest BCUT2D eigenvalue weighted by Crippen LogP contribution is -2.28. The molecule has 0 fully saturated rings. The van der Waals surface area contributed by atoms with Gasteiger partial charge in [0.25, 0.3) is 0 Å². The first-order valence-corrected chi connectivity index (χ1v) is 9.21. The van der Waals surface area contributed by atoms with Crippen molar-refractivity contribution in [2.24, 2.45) is 10.7 Å². The standard InChI is InChI=1S/C21H26N4O/c1-2-16-7-5-9-18(15-16)24-21(22)23-13-6-11-20(26)25-14-12-17-8-3-4-10-19(17)25/h3-5,7-10,15H,2,6,11-14H2,1H3,(H3,22,23,24). The van der Waals surface area contributed by atoms with Gasteiger partial charge in [-0.15, -0.1) is 0 Å². The summed E-state index contributed by atoms with van der Waals surface area (Å²) in [5, 5.41) is 3.11. The predicted octanol–water partition coefficient (Wildman–Crippen LogP) is 3.35. The van der Waals surface area contributed by atoms with Crippen LogP contribution in [0.4, 0.5) is 11.4 Å². The van der Waals surface area contributed by atoms with Gasteiger partial charge in [-0.25, -0.2) is 0 Å². The number of nitrogens with one attached hydrogen (secondary N) is 1. The molecule has 0 spiro atoms. The Bertz CT molecular complexity index is 800. The van der Waals surface area contributed by atoms with Crippen molar-refractivity contribution in [3.05, 3.63) is 59.7 Å². The first-order valence-electron chi connectivity index (χ1n) is 9.21. The molecule has 2 aromatic carbocycles. The summed E-state index contributed by atoms with van der Waals surface area (Å²) in [7, 11) is 0. The van der Waals surface area contributed by atoms with Gasteiger partial charge in [0.1, 0.15) is 0 Å². The van der Waals surface area contributed by atoms with E-state index in [-0.39, 0.29) is 5.91 Å². The molecule has 0 saturated heterocycles. The maximum Gasteiger partial charge on any atom is 0.227 e. The lowest BCUT2D eigenvalue weighted by Gasteiger charge is -2.17. The number of nitrogens with zero attached hydrogens (tertiary/aromatic N) is 2. The SMILES string of the molecule is CCc1cccc(NC(N)=NCCCC(=O)N2CCc3ccccc32)c1. The molecule has 0 saturated carbocycles. The van der Waals surface area contributed by atoms with Gasteiger partial charge >= 0.3 is 0 Å². The zero-order chi connectivity index (χ0) is 18.4. The van der Waals surface area contributed by atoms with E-state index in [1.165, 1.54) is 11.1 Å². The molecule has 5 nitrogen and oxygen atoms in total. The van der Waals surface area contributed by atoms with E-state index in [0.29, 0.717) is 25.3 Å². The van der Waals surface area contributed by atoms with Gasteiger partial charge in [0.2, 0.25) is 5.91 Å². The van der Waals surface area contributed by atoms with Crippen molar-refractivity contribution < 1.29 is 4.79 Å². The summed E-state index contributed by atoms with van der Waals surface area (Å²) in [6.45, 7) is 3.43. The van der Waals surface area contributed by atoms with Gasteiger partial charge in [-0.1, -0.05) is 37.3 Å². The fraction of sp³-hybridized carbons (Fsp3) is 0.333. The molecule has 26 heavy (non-hydrogen) atoms. The number of benzene rings is 2. The minimum absolute atomic E-state index is 0.160. The van der Waals surface area contributed by atoms with Gasteiger partial charge in [-0.3, -0.25) is 9.79 Å². The molecule has 1 aliphatic rings. The molecule has 2 aromatic rings. The molecule has 0 atom stereocenters. The topological polar surface area (TPSA) is 70.7 Å². The summed E-state index contributed by atoms with van der Waals surface area (Å²) in [4.78, 5) is 18.7. The predicted molar refractivity (Wildman–Crippen MR) is 108 cm³/mol. The zero-order valence-electron chi connectivity index (χ0n) is 15.2. The number of amides is 1. The van der Waals surface area contributed by atoms with Crippen LogP contribution in [0.1, 0.15) is 30.9 Å². The third-order valence-corrected chi connectivity index (χ3v) is 4.63. The highest BCUT2D eigenvalue weighted by molar-refractivity contribution is 5.95. The third-order valence-electron chi connectivity index (χ3n) is 4.63. The van der Waals surface area contributed by atoms with E-state index in [9.17, 15) is 4.79 Å². The maximum atomic E-state index is 12.4. The van der Waals surface area contributed by atoms with Gasteiger partial charge in [-0.2, -0.15) is 0 Å². The molecule has 0 unspecified atom stereocenters. The number of carbonyl (C=O) groups excluding carboxylic acids is 1. The number of para-hydroxylation sites is 1. The smallest absolute Gasteiger partial charge is 0.227 e. The third kappa shape index (κ3) is 4.42. The van der Waals surface area contributed by atoms with Crippen LogP contribution in [0.3, 0.4) is 0 Å². The second-order valence-electron chi connectivity index (χ2n) is 6.47. The number of hydrogen-bond donors (Lipinski definition) is 2. The molecule has 3 N–H and O–H groups in total. The Labute approximate surface area is 154 Å². The van der Waals surface area contributed by atoms with Crippen LogP contribution < -0.4 is 16.0 Å². The first-order chi connectivity index (χ1) is 12.7. The molecular weight excluding hydrogens is 324 g/mol. The van der Waals surface area contributed by atoms with Crippen LogP contribution in [0.25, 0.3) is 0 Å². The van der Waals surface area contributed by atoms with Crippen LogP contribution in [-0.2, 0) is 17.6 Å². The van der Waals surface area contributed by atoms with E-state index < -0.39 is 0 Å². The molecule has 1 heterocycles. The Balaban J connectivity index is 1.46. The molecule has 0 radical (unpaired) electrons. The van der Waals surface area contributed by atoms with E-state index >= 15 is 0 Å². The lowest BCUT2D eigenvalue weighted by molar-refractivity contribution is -0.118. The fourth-order valence-corrected chi connectivity index (χ4v) is 3.22. The summed E-state index contributed by atoms with van der Waals surface area (Å²) >= 11 is 0. The minimum atomic E-state index is 0.160. The molecule has 1 amide bonds. The van der Waals surface area contributed by atoms with Crippen LogP contribution in [0, 0.1) is 0 Å². The van der Waals surface area contributed by atoms with Crippen LogP contribution in [0.5, 0.6) is 0 Å². The number of hydrogen-bond acceptors (Lipinski definition) is 2. The maximum absolute atomic E-state index is 12.4. The number of nitrogens with two attached hydrogens (primary N) is 1. The van der Waals surface area contributed by atoms with Crippen molar-refractivity contribution in [3.8, 4) is 0 Å². The highest BCUT2D eigenvalue weighted by atomic mass is 16.2. The fourth-order valence-electron chi connectivity index (χ4n) is 3.22. The molecule has 0 aromatic heterocycles. The van der Waals surface area contributed by atoms with Crippen LogP contribution in [0.2, 0.25) is 0 Å². The summed E-state index contributed by atoms with van der Waals surface area (Å²) < 4.78 is 0. The Hall–Kier alpha value is -2.82. The molecule has 3 rings (SSSR count). The Kier molecular flexibility index (Phi) is 5.89. The summed E-state index contributed by atoms with van der Waals surface area (Å²) in [6.07, 6.45) is 3.09. The van der Waals surface area contributed by atoms with Gasteiger partial charge < -0.3 is 16.0 Å². The van der Waals surface area contributed by atoms with Crippen molar-refractivity contribution in [1.82, 2.24) is 0 Å². The van der Waals surface area contributed by atoms with E-state index in [1.807, 2.05) is 35.2 Å². The normalized spacial score (nSPS) is 13.6. The number of aliphatic imine (C=N–C) groups is 1. The number of rotatable bonds is 6. The quantitative estimate of drug-likeness (QED) is 0.477. The summed E-state index contributed by atoms with van der Waals surface area (Å²) in [6, 6.07) is 16.2. The monoisotopic (exact) mass is 350 g/mol. The van der Waals surface area contributed by atoms with Crippen LogP contribution >= 0.6 is 0 Å². The second kappa shape index (κ2) is 8.52. The van der Waals surface area contributed by atoms with Gasteiger partial charge in [-0.05, 0) is 48.6 Å². The average Bonchev–Trinajstić information content (AvgIpc) is 3.09. The molecule has 0 bridgehead atoms. The Morgan fingerprint density at radius 1 is 1.23 bits per heavy atom. The molecule has 136 valence electrons. The number of fused-ring (bicyclic) bond motifs is 1. The van der Waals surface area contributed by atoms with Crippen molar-refractivity contribution in [3.63, 3.8) is 0 Å². The first kappa shape index (κ1) is 18.0. The van der Waals surface area contributed by atoms with Crippen molar-refractivity contribution in [1.29, 1.82) is 0 Å². The molecule has 5 heteroatoms. The van der Waals surface area contributed by atoms with Crippen molar-refractivity contribution in [2.45, 2.75) is 32.6 Å². The highest BCUT2D eigenvalue weighted by Crippen LogP contribution is 2.28. The Morgan fingerprint density at radius 2 is 2.08 bits per heavy atom. The number of guanidine groups is 1. The molecule has 0 aliphatic carbocycles. The van der Waals surface area contributed by atoms with Gasteiger partial charge in [0.05, 0.1) is 0 Å². The van der Waals surface area contributed by atoms with Crippen molar-refractivity contribution >= 4 is 23.2 Å². The number of anilines is 2. The Morgan fingerprint density at radius 3 is 2.92 bits per heavy atom. The average molecular weight is 350 g/mol. The second-order valence-corrected chi connectivity index (χ2v) is 6.47. The van der Waals surface area contributed by atoms with Gasteiger partial charge in [0.15, 0.2) is 5.96 Å². The minimum Gasteiger partial charge on any atom is -0.370 e. The zero-order valence-corrected chi connectivity index (χ0v) is 15.2. The number of aryl methyl sites for hydroxylation is 1. The van der Waals surface area contributed by atoms with Crippen LogP contribution in [0.15, 0.2) is 53.5 Å². The van der Waals surface area contributed by atoms with Gasteiger partial charge in [0, 0.05) is 30.9 Å². The van der Waals surface area contributed by atoms with E-state index in [0.717, 1.165) is 30.8 Å².